The SMILES string of the molecule is O=C1Nc2ccccc2C1C[C@H]1CO[C@@]2(c3ccccc3)CCCC(=O)N12. The Balaban J connectivity index is 1.48. The number of para-hydroxylation sites is 1. The number of nitrogens with zero attached hydrogens (tertiary/aromatic N) is 1. The summed E-state index contributed by atoms with van der Waals surface area (Å²) in [5, 5.41) is 2.96. The minimum Gasteiger partial charge on any atom is -0.349 e. The highest BCUT2D eigenvalue weighted by molar-refractivity contribution is 6.02. The van der Waals surface area contributed by atoms with Gasteiger partial charge in [0.25, 0.3) is 0 Å². The van der Waals surface area contributed by atoms with Crippen molar-refractivity contribution in [3.8, 4) is 0 Å². The molecular formula is C22H22N2O3. The summed E-state index contributed by atoms with van der Waals surface area (Å²) in [6, 6.07) is 17.7. The van der Waals surface area contributed by atoms with Crippen LogP contribution in [0.2, 0.25) is 0 Å². The van der Waals surface area contributed by atoms with Crippen LogP contribution in [0.3, 0.4) is 0 Å². The highest BCUT2D eigenvalue weighted by Gasteiger charge is 2.53. The zero-order valence-corrected chi connectivity index (χ0v) is 15.1. The second-order valence-electron chi connectivity index (χ2n) is 7.60. The third-order valence-electron chi connectivity index (χ3n) is 6.09. The molecule has 3 aliphatic rings. The molecule has 2 aromatic rings. The maximum atomic E-state index is 12.9. The first kappa shape index (κ1) is 16.5. The minimum atomic E-state index is -0.685. The molecule has 2 saturated heterocycles. The van der Waals surface area contributed by atoms with Crippen LogP contribution >= 0.6 is 0 Å². The highest BCUT2D eigenvalue weighted by atomic mass is 16.5. The Morgan fingerprint density at radius 2 is 1.85 bits per heavy atom. The molecule has 3 heterocycles. The lowest BCUT2D eigenvalue weighted by atomic mass is 9.88. The normalized spacial score (nSPS) is 29.4. The van der Waals surface area contributed by atoms with Crippen molar-refractivity contribution in [2.24, 2.45) is 0 Å². The van der Waals surface area contributed by atoms with E-state index in [1.54, 1.807) is 0 Å². The molecule has 0 bridgehead atoms. The standard InChI is InChI=1S/C22H22N2O3/c25-20-11-6-12-22(15-7-2-1-3-8-15)24(20)16(14-27-22)13-18-17-9-4-5-10-19(17)23-21(18)26/h1-5,7-10,16,18H,6,11-14H2,(H,23,26)/t16-,18?,22+/m0/s1. The minimum absolute atomic E-state index is 0.0119. The second kappa shape index (κ2) is 6.20. The molecule has 138 valence electrons. The predicted molar refractivity (Wildman–Crippen MR) is 101 cm³/mol. The van der Waals surface area contributed by atoms with Crippen LogP contribution in [0.1, 0.15) is 42.7 Å². The Morgan fingerprint density at radius 1 is 1.07 bits per heavy atom. The summed E-state index contributed by atoms with van der Waals surface area (Å²) in [6.45, 7) is 0.465. The van der Waals surface area contributed by atoms with Crippen LogP contribution in [0.15, 0.2) is 54.6 Å². The third kappa shape index (κ3) is 2.49. The average Bonchev–Trinajstić information content (AvgIpc) is 3.23. The summed E-state index contributed by atoms with van der Waals surface area (Å²) in [5.41, 5.74) is 2.24. The van der Waals surface area contributed by atoms with Gasteiger partial charge in [-0.2, -0.15) is 0 Å². The number of carbonyl (C=O) groups excluding carboxylic acids is 2. The van der Waals surface area contributed by atoms with Crippen LogP contribution in [0.4, 0.5) is 5.69 Å². The fourth-order valence-corrected chi connectivity index (χ4v) is 4.89. The number of hydrogen-bond donors (Lipinski definition) is 1. The number of anilines is 1. The van der Waals surface area contributed by atoms with Crippen molar-refractivity contribution in [2.45, 2.75) is 43.4 Å². The number of carbonyl (C=O) groups is 2. The lowest BCUT2D eigenvalue weighted by Gasteiger charge is -2.43. The van der Waals surface area contributed by atoms with E-state index >= 15 is 0 Å². The molecule has 5 nitrogen and oxygen atoms in total. The van der Waals surface area contributed by atoms with Crippen LogP contribution in [0, 0.1) is 0 Å². The van der Waals surface area contributed by atoms with E-state index in [9.17, 15) is 9.59 Å². The summed E-state index contributed by atoms with van der Waals surface area (Å²) in [6.07, 6.45) is 2.75. The molecule has 0 aromatic heterocycles. The highest BCUT2D eigenvalue weighted by Crippen LogP contribution is 2.47. The molecule has 0 radical (unpaired) electrons. The molecule has 1 N–H and O–H groups in total. The van der Waals surface area contributed by atoms with Crippen molar-refractivity contribution >= 4 is 17.5 Å². The van der Waals surface area contributed by atoms with Crippen molar-refractivity contribution < 1.29 is 14.3 Å². The molecule has 3 atom stereocenters. The molecule has 1 unspecified atom stereocenters. The number of rotatable bonds is 3. The summed E-state index contributed by atoms with van der Waals surface area (Å²) < 4.78 is 6.32. The number of amides is 2. The van der Waals surface area contributed by atoms with E-state index in [2.05, 4.69) is 5.32 Å². The smallest absolute Gasteiger partial charge is 0.232 e. The Morgan fingerprint density at radius 3 is 2.70 bits per heavy atom. The maximum absolute atomic E-state index is 12.9. The van der Waals surface area contributed by atoms with Gasteiger partial charge in [-0.1, -0.05) is 48.5 Å². The van der Waals surface area contributed by atoms with Gasteiger partial charge >= 0.3 is 0 Å². The van der Waals surface area contributed by atoms with E-state index < -0.39 is 5.72 Å². The van der Waals surface area contributed by atoms with Gasteiger partial charge in [0.1, 0.15) is 0 Å². The van der Waals surface area contributed by atoms with Gasteiger partial charge in [-0.15, -0.1) is 0 Å². The van der Waals surface area contributed by atoms with E-state index in [0.29, 0.717) is 19.4 Å². The Bertz CT molecular complexity index is 897. The first-order valence-electron chi connectivity index (χ1n) is 9.60. The van der Waals surface area contributed by atoms with E-state index in [-0.39, 0.29) is 23.8 Å². The molecule has 0 saturated carbocycles. The molecule has 2 amide bonds. The topological polar surface area (TPSA) is 58.6 Å². The fourth-order valence-electron chi connectivity index (χ4n) is 4.89. The number of fused-ring (bicyclic) bond motifs is 2. The molecule has 5 heteroatoms. The summed E-state index contributed by atoms with van der Waals surface area (Å²) >= 11 is 0. The maximum Gasteiger partial charge on any atom is 0.232 e. The molecule has 0 aliphatic carbocycles. The van der Waals surface area contributed by atoms with Crippen LogP contribution < -0.4 is 5.32 Å². The lowest BCUT2D eigenvalue weighted by Crippen LogP contribution is -2.52. The largest absolute Gasteiger partial charge is 0.349 e. The molecule has 3 aliphatic heterocycles. The van der Waals surface area contributed by atoms with E-state index in [0.717, 1.165) is 29.7 Å². The fraction of sp³-hybridized carbons (Fsp3) is 0.364. The zero-order chi connectivity index (χ0) is 18.4. The van der Waals surface area contributed by atoms with Crippen molar-refractivity contribution in [1.82, 2.24) is 4.90 Å². The summed E-state index contributed by atoms with van der Waals surface area (Å²) in [7, 11) is 0. The first-order valence-corrected chi connectivity index (χ1v) is 9.60. The number of nitrogens with one attached hydrogen (secondary N) is 1. The lowest BCUT2D eigenvalue weighted by molar-refractivity contribution is -0.163. The number of hydrogen-bond acceptors (Lipinski definition) is 3. The van der Waals surface area contributed by atoms with Gasteiger partial charge in [0.15, 0.2) is 5.72 Å². The molecule has 2 aromatic carbocycles. The number of piperidine rings is 1. The summed E-state index contributed by atoms with van der Waals surface area (Å²) in [5.74, 6) is -0.103. The predicted octanol–water partition coefficient (Wildman–Crippen LogP) is 3.38. The third-order valence-corrected chi connectivity index (χ3v) is 6.09. The molecule has 2 fully saturated rings. The van der Waals surface area contributed by atoms with Gasteiger partial charge in [0.05, 0.1) is 18.6 Å². The quantitative estimate of drug-likeness (QED) is 0.911. The van der Waals surface area contributed by atoms with Gasteiger partial charge in [0, 0.05) is 24.1 Å². The zero-order valence-electron chi connectivity index (χ0n) is 15.1. The van der Waals surface area contributed by atoms with Crippen molar-refractivity contribution in [2.75, 3.05) is 11.9 Å². The van der Waals surface area contributed by atoms with Gasteiger partial charge in [-0.05, 0) is 24.5 Å². The summed E-state index contributed by atoms with van der Waals surface area (Å²) in [4.78, 5) is 27.4. The Hall–Kier alpha value is -2.66. The van der Waals surface area contributed by atoms with Gasteiger partial charge in [-0.3, -0.25) is 9.59 Å². The van der Waals surface area contributed by atoms with Crippen LogP contribution in [0.25, 0.3) is 0 Å². The van der Waals surface area contributed by atoms with Gasteiger partial charge < -0.3 is 15.0 Å². The van der Waals surface area contributed by atoms with Crippen molar-refractivity contribution in [1.29, 1.82) is 0 Å². The van der Waals surface area contributed by atoms with Gasteiger partial charge in [0.2, 0.25) is 11.8 Å². The van der Waals surface area contributed by atoms with Gasteiger partial charge in [-0.25, -0.2) is 0 Å². The van der Waals surface area contributed by atoms with Crippen LogP contribution in [0.5, 0.6) is 0 Å². The van der Waals surface area contributed by atoms with E-state index in [4.69, 9.17) is 4.74 Å². The Labute approximate surface area is 158 Å². The van der Waals surface area contributed by atoms with Crippen molar-refractivity contribution in [3.05, 3.63) is 65.7 Å². The van der Waals surface area contributed by atoms with Crippen molar-refractivity contribution in [3.63, 3.8) is 0 Å². The van der Waals surface area contributed by atoms with Crippen LogP contribution in [-0.2, 0) is 20.1 Å². The number of benzene rings is 2. The first-order chi connectivity index (χ1) is 13.2. The second-order valence-corrected chi connectivity index (χ2v) is 7.60. The molecule has 27 heavy (non-hydrogen) atoms. The molecule has 0 spiro atoms. The monoisotopic (exact) mass is 362 g/mol. The number of ether oxygens (including phenoxy) is 1. The van der Waals surface area contributed by atoms with Crippen LogP contribution in [-0.4, -0.2) is 29.4 Å². The van der Waals surface area contributed by atoms with E-state index in [1.165, 1.54) is 0 Å². The Kier molecular flexibility index (Phi) is 3.79. The van der Waals surface area contributed by atoms with E-state index in [1.807, 2.05) is 59.5 Å². The molecule has 5 rings (SSSR count). The average molecular weight is 362 g/mol. The molecular weight excluding hydrogens is 340 g/mol.